The minimum absolute atomic E-state index is 0.321. The smallest absolute Gasteiger partial charge is 0.405 e. The second kappa shape index (κ2) is 7.08. The third-order valence-electron chi connectivity index (χ3n) is 3.82. The van der Waals surface area contributed by atoms with Crippen molar-refractivity contribution in [1.29, 1.82) is 0 Å². The second-order valence-electron chi connectivity index (χ2n) is 5.39. The summed E-state index contributed by atoms with van der Waals surface area (Å²) in [5.41, 5.74) is 0.589. The number of likely N-dealkylation sites (tertiary alicyclic amines) is 1. The molecule has 2 rings (SSSR count). The summed E-state index contributed by atoms with van der Waals surface area (Å²) in [7, 11) is 1.52. The van der Waals surface area contributed by atoms with Gasteiger partial charge in [-0.3, -0.25) is 0 Å². The lowest BCUT2D eigenvalue weighted by Crippen LogP contribution is -2.47. The standard InChI is InChI=1S/C15H19F3N2O3/c1-23-11-6-4-10(5-7-11)13(21)12-3-2-8-20(12)14(22)19-9-15(16,17)18/h4-7,12-13,21H,2-3,8-9H2,1H3,(H,19,22)/t12-,13-/m1/s1. The molecule has 0 bridgehead atoms. The highest BCUT2D eigenvalue weighted by molar-refractivity contribution is 5.75. The minimum atomic E-state index is -4.46. The van der Waals surface area contributed by atoms with Crippen LogP contribution in [0.1, 0.15) is 24.5 Å². The van der Waals surface area contributed by atoms with E-state index in [1.807, 2.05) is 5.32 Å². The fourth-order valence-corrected chi connectivity index (χ4v) is 2.67. The summed E-state index contributed by atoms with van der Waals surface area (Å²) < 4.78 is 41.6. The van der Waals surface area contributed by atoms with Crippen molar-refractivity contribution >= 4 is 6.03 Å². The summed E-state index contributed by atoms with van der Waals surface area (Å²) in [6.07, 6.45) is -4.25. The molecule has 128 valence electrons. The first-order chi connectivity index (χ1) is 10.8. The number of hydrogen-bond acceptors (Lipinski definition) is 3. The molecular formula is C15H19F3N2O3. The number of methoxy groups -OCH3 is 1. The number of nitrogens with one attached hydrogen (secondary N) is 1. The Hall–Kier alpha value is -1.96. The summed E-state index contributed by atoms with van der Waals surface area (Å²) in [5.74, 6) is 0.632. The van der Waals surface area contributed by atoms with E-state index in [9.17, 15) is 23.1 Å². The van der Waals surface area contributed by atoms with Crippen LogP contribution in [0.25, 0.3) is 0 Å². The number of alkyl halides is 3. The maximum Gasteiger partial charge on any atom is 0.405 e. The molecule has 23 heavy (non-hydrogen) atoms. The van der Waals surface area contributed by atoms with Crippen LogP contribution in [0.15, 0.2) is 24.3 Å². The van der Waals surface area contributed by atoms with Crippen LogP contribution < -0.4 is 10.1 Å². The van der Waals surface area contributed by atoms with Gasteiger partial charge in [0.25, 0.3) is 0 Å². The summed E-state index contributed by atoms with van der Waals surface area (Å²) in [5, 5.41) is 12.3. The molecule has 1 saturated heterocycles. The van der Waals surface area contributed by atoms with E-state index in [1.165, 1.54) is 12.0 Å². The zero-order chi connectivity index (χ0) is 17.0. The maximum atomic E-state index is 12.2. The van der Waals surface area contributed by atoms with Crippen LogP contribution in [-0.2, 0) is 0 Å². The molecule has 1 aromatic carbocycles. The van der Waals surface area contributed by atoms with Crippen LogP contribution in [0.3, 0.4) is 0 Å². The van der Waals surface area contributed by atoms with E-state index in [2.05, 4.69) is 0 Å². The average molecular weight is 332 g/mol. The highest BCUT2D eigenvalue weighted by atomic mass is 19.4. The molecule has 0 aromatic heterocycles. The number of carbonyl (C=O) groups is 1. The molecule has 0 radical (unpaired) electrons. The predicted octanol–water partition coefficient (Wildman–Crippen LogP) is 2.46. The molecule has 2 N–H and O–H groups in total. The van der Waals surface area contributed by atoms with Crippen LogP contribution in [0.5, 0.6) is 5.75 Å². The largest absolute Gasteiger partial charge is 0.497 e. The van der Waals surface area contributed by atoms with Gasteiger partial charge in [0, 0.05) is 6.54 Å². The number of aliphatic hydroxyl groups excluding tert-OH is 1. The first-order valence-electron chi connectivity index (χ1n) is 7.25. The molecule has 2 atom stereocenters. The van der Waals surface area contributed by atoms with Crippen LogP contribution >= 0.6 is 0 Å². The highest BCUT2D eigenvalue weighted by Gasteiger charge is 2.36. The zero-order valence-corrected chi connectivity index (χ0v) is 12.6. The fourth-order valence-electron chi connectivity index (χ4n) is 2.67. The summed E-state index contributed by atoms with van der Waals surface area (Å²) in [6, 6.07) is 5.36. The number of urea groups is 1. The molecule has 1 aromatic rings. The summed E-state index contributed by atoms with van der Waals surface area (Å²) in [6.45, 7) is -1.06. The molecule has 0 spiro atoms. The Morgan fingerprint density at radius 2 is 2.09 bits per heavy atom. The Bertz CT molecular complexity index is 534. The lowest BCUT2D eigenvalue weighted by Gasteiger charge is -2.29. The van der Waals surface area contributed by atoms with Gasteiger partial charge in [-0.05, 0) is 30.5 Å². The van der Waals surface area contributed by atoms with Gasteiger partial charge in [0.1, 0.15) is 12.3 Å². The molecule has 0 aliphatic carbocycles. The number of ether oxygens (including phenoxy) is 1. The number of rotatable bonds is 4. The van der Waals surface area contributed by atoms with Gasteiger partial charge in [0.05, 0.1) is 19.3 Å². The van der Waals surface area contributed by atoms with Crippen molar-refractivity contribution in [2.45, 2.75) is 31.2 Å². The van der Waals surface area contributed by atoms with Crippen LogP contribution in [-0.4, -0.2) is 48.5 Å². The van der Waals surface area contributed by atoms with Crippen molar-refractivity contribution in [2.75, 3.05) is 20.2 Å². The Morgan fingerprint density at radius 1 is 1.43 bits per heavy atom. The van der Waals surface area contributed by atoms with E-state index < -0.39 is 30.9 Å². The van der Waals surface area contributed by atoms with E-state index in [1.54, 1.807) is 24.3 Å². The lowest BCUT2D eigenvalue weighted by molar-refractivity contribution is -0.123. The van der Waals surface area contributed by atoms with Crippen LogP contribution in [0.2, 0.25) is 0 Å². The van der Waals surface area contributed by atoms with Gasteiger partial charge < -0.3 is 20.1 Å². The van der Waals surface area contributed by atoms with Gasteiger partial charge in [-0.2, -0.15) is 13.2 Å². The first kappa shape index (κ1) is 17.4. The first-order valence-corrected chi connectivity index (χ1v) is 7.25. The topological polar surface area (TPSA) is 61.8 Å². The predicted molar refractivity (Wildman–Crippen MR) is 77.1 cm³/mol. The van der Waals surface area contributed by atoms with Gasteiger partial charge in [0.2, 0.25) is 0 Å². The zero-order valence-electron chi connectivity index (χ0n) is 12.6. The molecule has 1 aliphatic rings. The second-order valence-corrected chi connectivity index (χ2v) is 5.39. The molecule has 8 heteroatoms. The molecule has 5 nitrogen and oxygen atoms in total. The van der Waals surface area contributed by atoms with Gasteiger partial charge in [0.15, 0.2) is 0 Å². The SMILES string of the molecule is COc1ccc([C@@H](O)[C@H]2CCCN2C(=O)NCC(F)(F)F)cc1. The van der Waals surface area contributed by atoms with E-state index in [0.29, 0.717) is 30.7 Å². The third kappa shape index (κ3) is 4.51. The normalized spacial score (nSPS) is 19.5. The van der Waals surface area contributed by atoms with E-state index in [-0.39, 0.29) is 0 Å². The molecular weight excluding hydrogens is 313 g/mol. The number of aliphatic hydroxyl groups is 1. The molecule has 1 fully saturated rings. The number of amides is 2. The van der Waals surface area contributed by atoms with Gasteiger partial charge in [-0.25, -0.2) is 4.79 Å². The molecule has 1 aliphatic heterocycles. The fraction of sp³-hybridized carbons (Fsp3) is 0.533. The molecule has 0 saturated carbocycles. The van der Waals surface area contributed by atoms with Crippen molar-refractivity contribution in [2.24, 2.45) is 0 Å². The number of nitrogens with zero attached hydrogens (tertiary/aromatic N) is 1. The van der Waals surface area contributed by atoms with Crippen LogP contribution in [0.4, 0.5) is 18.0 Å². The van der Waals surface area contributed by atoms with Gasteiger partial charge >= 0.3 is 12.2 Å². The van der Waals surface area contributed by atoms with Gasteiger partial charge in [-0.1, -0.05) is 12.1 Å². The maximum absolute atomic E-state index is 12.2. The average Bonchev–Trinajstić information content (AvgIpc) is 3.01. The highest BCUT2D eigenvalue weighted by Crippen LogP contribution is 2.30. The van der Waals surface area contributed by atoms with Crippen molar-refractivity contribution < 1.29 is 27.8 Å². The van der Waals surface area contributed by atoms with E-state index in [4.69, 9.17) is 4.74 Å². The number of halogens is 3. The van der Waals surface area contributed by atoms with Gasteiger partial charge in [-0.15, -0.1) is 0 Å². The van der Waals surface area contributed by atoms with E-state index >= 15 is 0 Å². The summed E-state index contributed by atoms with van der Waals surface area (Å²) in [4.78, 5) is 13.2. The monoisotopic (exact) mass is 332 g/mol. The quantitative estimate of drug-likeness (QED) is 0.890. The minimum Gasteiger partial charge on any atom is -0.497 e. The van der Waals surface area contributed by atoms with Crippen molar-refractivity contribution in [3.63, 3.8) is 0 Å². The third-order valence-corrected chi connectivity index (χ3v) is 3.82. The van der Waals surface area contributed by atoms with Crippen molar-refractivity contribution in [3.05, 3.63) is 29.8 Å². The lowest BCUT2D eigenvalue weighted by atomic mass is 10.0. The van der Waals surface area contributed by atoms with E-state index in [0.717, 1.165) is 0 Å². The molecule has 0 unspecified atom stereocenters. The summed E-state index contributed by atoms with van der Waals surface area (Å²) >= 11 is 0. The molecule has 1 heterocycles. The number of hydrogen-bond donors (Lipinski definition) is 2. The van der Waals surface area contributed by atoms with Crippen molar-refractivity contribution in [3.8, 4) is 5.75 Å². The number of carbonyl (C=O) groups excluding carboxylic acids is 1. The van der Waals surface area contributed by atoms with Crippen molar-refractivity contribution in [1.82, 2.24) is 10.2 Å². The Balaban J connectivity index is 2.03. The Kier molecular flexibility index (Phi) is 5.35. The van der Waals surface area contributed by atoms with Crippen LogP contribution in [0, 0.1) is 0 Å². The molecule has 2 amide bonds. The Morgan fingerprint density at radius 3 is 2.65 bits per heavy atom. The number of benzene rings is 1. The Labute approximate surface area is 132 Å².